The van der Waals surface area contributed by atoms with Crippen LogP contribution < -0.4 is 0 Å². The summed E-state index contributed by atoms with van der Waals surface area (Å²) in [7, 11) is 0. The summed E-state index contributed by atoms with van der Waals surface area (Å²) < 4.78 is 14.6. The van der Waals surface area contributed by atoms with Gasteiger partial charge in [0.05, 0.1) is 0 Å². The molecule has 1 heteroatoms. The van der Waals surface area contributed by atoms with Crippen LogP contribution in [0.5, 0.6) is 0 Å². The molecule has 0 aliphatic carbocycles. The van der Waals surface area contributed by atoms with Crippen molar-refractivity contribution in [3.63, 3.8) is 0 Å². The summed E-state index contributed by atoms with van der Waals surface area (Å²) in [6, 6.07) is 43.8. The summed E-state index contributed by atoms with van der Waals surface area (Å²) in [6.07, 6.45) is 4.85. The van der Waals surface area contributed by atoms with Gasteiger partial charge in [-0.3, -0.25) is 0 Å². The molecule has 1 atom stereocenters. The van der Waals surface area contributed by atoms with Crippen molar-refractivity contribution >= 4 is 10.8 Å². The van der Waals surface area contributed by atoms with Crippen molar-refractivity contribution in [2.24, 2.45) is 0 Å². The second-order valence-corrected chi connectivity index (χ2v) is 9.44. The highest BCUT2D eigenvalue weighted by Gasteiger charge is 2.34. The number of halogens is 1. The second kappa shape index (κ2) is 10.7. The Morgan fingerprint density at radius 2 is 1.20 bits per heavy atom. The molecular formula is C34H31F. The lowest BCUT2D eigenvalue weighted by Crippen LogP contribution is -2.29. The van der Waals surface area contributed by atoms with E-state index in [0.29, 0.717) is 0 Å². The van der Waals surface area contributed by atoms with Crippen LogP contribution in [-0.2, 0) is 18.3 Å². The van der Waals surface area contributed by atoms with E-state index >= 15 is 0 Å². The van der Waals surface area contributed by atoms with Crippen LogP contribution in [0.25, 0.3) is 10.8 Å². The third-order valence-corrected chi connectivity index (χ3v) is 7.32. The lowest BCUT2D eigenvalue weighted by atomic mass is 9.67. The molecular weight excluding hydrogens is 427 g/mol. The van der Waals surface area contributed by atoms with Crippen LogP contribution in [0.3, 0.4) is 0 Å². The SMILES string of the molecule is Fc1cccc(C(CCCc2ccccc2)(CCc2cccc3ccccc23)c2ccccc2)c1. The number of hydrogen-bond donors (Lipinski definition) is 0. The maximum Gasteiger partial charge on any atom is 0.123 e. The van der Waals surface area contributed by atoms with E-state index in [1.807, 2.05) is 6.07 Å². The summed E-state index contributed by atoms with van der Waals surface area (Å²) >= 11 is 0. The number of hydrogen-bond acceptors (Lipinski definition) is 0. The molecule has 0 nitrogen and oxygen atoms in total. The van der Waals surface area contributed by atoms with Crippen molar-refractivity contribution in [2.45, 2.75) is 37.5 Å². The Hall–Kier alpha value is -3.71. The third kappa shape index (κ3) is 5.20. The normalized spacial score (nSPS) is 12.9. The molecule has 174 valence electrons. The van der Waals surface area contributed by atoms with Gasteiger partial charge in [-0.15, -0.1) is 0 Å². The van der Waals surface area contributed by atoms with E-state index in [1.165, 1.54) is 27.5 Å². The summed E-state index contributed by atoms with van der Waals surface area (Å²) in [6.45, 7) is 0. The van der Waals surface area contributed by atoms with E-state index in [0.717, 1.165) is 37.7 Å². The molecule has 35 heavy (non-hydrogen) atoms. The Balaban J connectivity index is 1.54. The summed E-state index contributed by atoms with van der Waals surface area (Å²) in [4.78, 5) is 0. The second-order valence-electron chi connectivity index (χ2n) is 9.44. The average Bonchev–Trinajstić information content (AvgIpc) is 2.92. The fraction of sp³-hybridized carbons (Fsp3) is 0.176. The van der Waals surface area contributed by atoms with Gasteiger partial charge < -0.3 is 0 Å². The summed E-state index contributed by atoms with van der Waals surface area (Å²) in [5.41, 5.74) is 4.76. The van der Waals surface area contributed by atoms with E-state index in [4.69, 9.17) is 0 Å². The fourth-order valence-corrected chi connectivity index (χ4v) is 5.51. The van der Waals surface area contributed by atoms with Gasteiger partial charge >= 0.3 is 0 Å². The molecule has 1 unspecified atom stereocenters. The van der Waals surface area contributed by atoms with Crippen molar-refractivity contribution in [1.29, 1.82) is 0 Å². The lowest BCUT2D eigenvalue weighted by molar-refractivity contribution is 0.420. The van der Waals surface area contributed by atoms with Crippen LogP contribution in [0.4, 0.5) is 4.39 Å². The molecule has 5 rings (SSSR count). The standard InChI is InChI=1S/C34H31F/c35-32-21-10-20-31(26-32)34(30-18-5-2-6-19-30,24-11-14-27-12-3-1-4-13-27)25-23-29-17-9-16-28-15-7-8-22-33(28)29/h1-10,12-13,15-22,26H,11,14,23-25H2. The molecule has 5 aromatic rings. The molecule has 0 spiro atoms. The van der Waals surface area contributed by atoms with Gasteiger partial charge in [0.25, 0.3) is 0 Å². The zero-order valence-electron chi connectivity index (χ0n) is 20.0. The van der Waals surface area contributed by atoms with Gasteiger partial charge in [-0.1, -0.05) is 115 Å². The van der Waals surface area contributed by atoms with Crippen LogP contribution in [0.2, 0.25) is 0 Å². The van der Waals surface area contributed by atoms with Gasteiger partial charge in [0.1, 0.15) is 5.82 Å². The van der Waals surface area contributed by atoms with E-state index < -0.39 is 0 Å². The van der Waals surface area contributed by atoms with Gasteiger partial charge in [-0.2, -0.15) is 0 Å². The molecule has 0 aromatic heterocycles. The maximum absolute atomic E-state index is 14.6. The van der Waals surface area contributed by atoms with Crippen molar-refractivity contribution < 1.29 is 4.39 Å². The first-order valence-electron chi connectivity index (χ1n) is 12.6. The molecule has 5 aromatic carbocycles. The third-order valence-electron chi connectivity index (χ3n) is 7.32. The maximum atomic E-state index is 14.6. The summed E-state index contributed by atoms with van der Waals surface area (Å²) in [5, 5.41) is 2.57. The molecule has 0 heterocycles. The quantitative estimate of drug-likeness (QED) is 0.207. The number of aryl methyl sites for hydroxylation is 2. The average molecular weight is 459 g/mol. The van der Waals surface area contributed by atoms with Crippen LogP contribution in [0.1, 0.15) is 41.5 Å². The lowest BCUT2D eigenvalue weighted by Gasteiger charge is -2.36. The smallest absolute Gasteiger partial charge is 0.123 e. The molecule has 0 saturated heterocycles. The Morgan fingerprint density at radius 1 is 0.543 bits per heavy atom. The van der Waals surface area contributed by atoms with Crippen molar-refractivity contribution in [2.75, 3.05) is 0 Å². The van der Waals surface area contributed by atoms with Crippen LogP contribution in [0.15, 0.2) is 127 Å². The Labute approximate surface area is 208 Å². The predicted molar refractivity (Wildman–Crippen MR) is 145 cm³/mol. The molecule has 0 aliphatic rings. The highest BCUT2D eigenvalue weighted by atomic mass is 19.1. The zero-order valence-corrected chi connectivity index (χ0v) is 20.0. The van der Waals surface area contributed by atoms with Crippen molar-refractivity contribution in [3.8, 4) is 0 Å². The van der Waals surface area contributed by atoms with E-state index in [-0.39, 0.29) is 11.2 Å². The molecule has 0 fully saturated rings. The van der Waals surface area contributed by atoms with Crippen molar-refractivity contribution in [1.82, 2.24) is 0 Å². The van der Waals surface area contributed by atoms with Gasteiger partial charge in [-0.25, -0.2) is 4.39 Å². The van der Waals surface area contributed by atoms with E-state index in [1.54, 1.807) is 12.1 Å². The Morgan fingerprint density at radius 3 is 2.00 bits per heavy atom. The topological polar surface area (TPSA) is 0 Å². The van der Waals surface area contributed by atoms with Crippen LogP contribution in [-0.4, -0.2) is 0 Å². The molecule has 0 bridgehead atoms. The van der Waals surface area contributed by atoms with Crippen LogP contribution >= 0.6 is 0 Å². The van der Waals surface area contributed by atoms with Gasteiger partial charge in [0, 0.05) is 5.41 Å². The largest absolute Gasteiger partial charge is 0.207 e. The van der Waals surface area contributed by atoms with E-state index in [9.17, 15) is 4.39 Å². The highest BCUT2D eigenvalue weighted by Crippen LogP contribution is 2.42. The molecule has 0 radical (unpaired) electrons. The minimum absolute atomic E-state index is 0.170. The Kier molecular flexibility index (Phi) is 7.04. The van der Waals surface area contributed by atoms with Gasteiger partial charge in [0.2, 0.25) is 0 Å². The van der Waals surface area contributed by atoms with Gasteiger partial charge in [0.15, 0.2) is 0 Å². The van der Waals surface area contributed by atoms with Crippen molar-refractivity contribution in [3.05, 3.63) is 155 Å². The summed E-state index contributed by atoms with van der Waals surface area (Å²) in [5.74, 6) is -0.170. The highest BCUT2D eigenvalue weighted by molar-refractivity contribution is 5.85. The first-order chi connectivity index (χ1) is 17.2. The monoisotopic (exact) mass is 458 g/mol. The minimum Gasteiger partial charge on any atom is -0.207 e. The molecule has 0 amide bonds. The van der Waals surface area contributed by atoms with Gasteiger partial charge in [-0.05, 0) is 77.3 Å². The first-order valence-corrected chi connectivity index (χ1v) is 12.6. The minimum atomic E-state index is -0.269. The first kappa shape index (κ1) is 23.1. The predicted octanol–water partition coefficient (Wildman–Crippen LogP) is 8.92. The number of rotatable bonds is 9. The number of fused-ring (bicyclic) bond motifs is 1. The Bertz CT molecular complexity index is 1370. The zero-order chi connectivity index (χ0) is 23.9. The van der Waals surface area contributed by atoms with Crippen LogP contribution in [0, 0.1) is 5.82 Å². The molecule has 0 N–H and O–H groups in total. The molecule has 0 aliphatic heterocycles. The number of benzene rings is 5. The fourth-order valence-electron chi connectivity index (χ4n) is 5.51. The van der Waals surface area contributed by atoms with E-state index in [2.05, 4.69) is 109 Å². The molecule has 0 saturated carbocycles.